The van der Waals surface area contributed by atoms with Crippen molar-refractivity contribution in [2.24, 2.45) is 0 Å². The number of methoxy groups -OCH3 is 1. The van der Waals surface area contributed by atoms with Gasteiger partial charge < -0.3 is 104 Å². The summed E-state index contributed by atoms with van der Waals surface area (Å²) in [6.45, 7) is -2.49. The van der Waals surface area contributed by atoms with Crippen LogP contribution in [0.15, 0.2) is 39.5 Å². The zero-order chi connectivity index (χ0) is 40.7. The molecule has 0 aliphatic carbocycles. The largest absolute Gasteiger partial charge is 0.508 e. The van der Waals surface area contributed by atoms with Crippen LogP contribution in [0.25, 0.3) is 22.3 Å². The quantitative estimate of drug-likeness (QED) is 0.0867. The molecule has 3 aliphatic heterocycles. The fourth-order valence-electron chi connectivity index (χ4n) is 6.51. The summed E-state index contributed by atoms with van der Waals surface area (Å²) in [7, 11) is 1.25. The van der Waals surface area contributed by atoms with E-state index in [4.69, 9.17) is 37.6 Å². The second-order valence-electron chi connectivity index (χ2n) is 13.3. The van der Waals surface area contributed by atoms with Gasteiger partial charge in [-0.3, -0.25) is 4.79 Å². The lowest BCUT2D eigenvalue weighted by Gasteiger charge is -2.46. The Morgan fingerprint density at radius 3 is 1.89 bits per heavy atom. The molecule has 0 spiro atoms. The molecule has 0 radical (unpaired) electrons. The Labute approximate surface area is 314 Å². The third-order valence-electron chi connectivity index (χ3n) is 9.65. The zero-order valence-electron chi connectivity index (χ0n) is 29.2. The summed E-state index contributed by atoms with van der Waals surface area (Å²) in [5.41, 5.74) is -1.32. The summed E-state index contributed by atoms with van der Waals surface area (Å²) in [6.07, 6.45) is -27.5. The minimum atomic E-state index is -2.07. The van der Waals surface area contributed by atoms with Gasteiger partial charge in [0.2, 0.25) is 17.5 Å². The molecule has 13 N–H and O–H groups in total. The van der Waals surface area contributed by atoms with Gasteiger partial charge in [-0.05, 0) is 18.2 Å². The number of benzene rings is 2. The molecule has 6 rings (SSSR count). The van der Waals surface area contributed by atoms with E-state index in [2.05, 4.69) is 0 Å². The van der Waals surface area contributed by atoms with Gasteiger partial charge in [-0.2, -0.15) is 0 Å². The van der Waals surface area contributed by atoms with E-state index in [0.717, 1.165) is 12.1 Å². The number of aliphatic hydroxyl groups excluding tert-OH is 10. The summed E-state index contributed by atoms with van der Waals surface area (Å²) in [5, 5.41) is 135. The topological polar surface area (TPSA) is 358 Å². The van der Waals surface area contributed by atoms with E-state index in [-0.39, 0.29) is 28.4 Å². The molecule has 56 heavy (non-hydrogen) atoms. The first-order chi connectivity index (χ1) is 26.6. The number of aliphatic hydroxyl groups is 10. The van der Waals surface area contributed by atoms with E-state index in [1.165, 1.54) is 25.3 Å². The number of hydrogen-bond donors (Lipinski definition) is 13. The first kappa shape index (κ1) is 41.7. The fraction of sp³-hybridized carbons (Fsp3) is 0.559. The Hall–Kier alpha value is -3.95. The van der Waals surface area contributed by atoms with Crippen molar-refractivity contribution >= 4 is 11.0 Å². The third-order valence-corrected chi connectivity index (χ3v) is 9.65. The molecule has 22 nitrogen and oxygen atoms in total. The van der Waals surface area contributed by atoms with Crippen molar-refractivity contribution in [2.75, 3.05) is 26.9 Å². The highest BCUT2D eigenvalue weighted by atomic mass is 16.8. The van der Waals surface area contributed by atoms with Crippen molar-refractivity contribution in [1.29, 1.82) is 0 Å². The highest BCUT2D eigenvalue weighted by Crippen LogP contribution is 2.40. The second kappa shape index (κ2) is 16.9. The summed E-state index contributed by atoms with van der Waals surface area (Å²) in [6, 6.07) is 5.62. The molecule has 0 amide bonds. The lowest BCUT2D eigenvalue weighted by atomic mass is 9.97. The van der Waals surface area contributed by atoms with Gasteiger partial charge in [0.25, 0.3) is 0 Å². The fourth-order valence-corrected chi connectivity index (χ4v) is 6.51. The van der Waals surface area contributed by atoms with Crippen LogP contribution in [0, 0.1) is 0 Å². The maximum absolute atomic E-state index is 13.9. The van der Waals surface area contributed by atoms with Crippen LogP contribution in [0.2, 0.25) is 0 Å². The molecule has 22 heteroatoms. The number of hydrogen-bond acceptors (Lipinski definition) is 22. The second-order valence-corrected chi connectivity index (χ2v) is 13.3. The van der Waals surface area contributed by atoms with E-state index < -0.39 is 140 Å². The Morgan fingerprint density at radius 2 is 1.25 bits per heavy atom. The van der Waals surface area contributed by atoms with E-state index in [9.17, 15) is 71.2 Å². The Bertz CT molecular complexity index is 1890. The lowest BCUT2D eigenvalue weighted by molar-refractivity contribution is -0.372. The van der Waals surface area contributed by atoms with Gasteiger partial charge in [0.05, 0.1) is 26.9 Å². The predicted molar refractivity (Wildman–Crippen MR) is 179 cm³/mol. The monoisotopic (exact) mass is 802 g/mol. The number of fused-ring (bicyclic) bond motifs is 1. The van der Waals surface area contributed by atoms with Crippen molar-refractivity contribution in [3.63, 3.8) is 0 Å². The molecular formula is C34H42O22. The van der Waals surface area contributed by atoms with Crippen LogP contribution < -0.4 is 14.9 Å². The summed E-state index contributed by atoms with van der Waals surface area (Å²) in [4.78, 5) is 13.9. The molecule has 1 aromatic heterocycles. The van der Waals surface area contributed by atoms with Crippen molar-refractivity contribution in [3.8, 4) is 40.1 Å². The highest BCUT2D eigenvalue weighted by Gasteiger charge is 2.52. The van der Waals surface area contributed by atoms with Crippen molar-refractivity contribution < 1.29 is 104 Å². The summed E-state index contributed by atoms with van der Waals surface area (Å²) < 4.78 is 44.8. The van der Waals surface area contributed by atoms with E-state index in [0.29, 0.717) is 0 Å². The lowest BCUT2D eigenvalue weighted by Crippen LogP contribution is -2.65. The van der Waals surface area contributed by atoms with E-state index in [1.54, 1.807) is 0 Å². The SMILES string of the molecule is COc1cc(-c2oc3cc(O)cc(O)c3c(=O)c2O[C@@H]2O[C@H](CO[C@@H]3O[C@H](CO)[C@@H](O)[C@H](O)[C@@H]3O[C@@H]3O[C@H](CO)[C@@H](O)[C@H](O)[C@@H]3O)[C@@H](O)[C@@H](O)[C@@H]2O)ccc1O. The van der Waals surface area contributed by atoms with Gasteiger partial charge in [-0.1, -0.05) is 0 Å². The summed E-state index contributed by atoms with van der Waals surface area (Å²) >= 11 is 0. The Balaban J connectivity index is 1.28. The van der Waals surface area contributed by atoms with E-state index in [1.807, 2.05) is 0 Å². The standard InChI is InChI=1S/C34H42O22/c1-49-14-4-10(2-3-12(14)38)29-30(23(43)19-13(39)5-11(37)6-15(19)51-29)55-33-28(48)25(45)22(42)18(54-33)9-50-34-31(26(46)21(41)17(8-36)53-34)56-32-27(47)24(44)20(40)16(7-35)52-32/h2-6,16-18,20-22,24-28,31-42,44-48H,7-9H2,1H3/t16-,17-,18-,20-,21-,22-,24+,25-,26+,27+,28+,31+,32+,33+,34-/m1/s1. The number of phenolic OH excluding ortho intramolecular Hbond substituents is 3. The molecule has 310 valence electrons. The maximum Gasteiger partial charge on any atom is 0.239 e. The normalized spacial score (nSPS) is 36.4. The molecule has 3 aromatic rings. The number of rotatable bonds is 11. The van der Waals surface area contributed by atoms with Gasteiger partial charge in [0.1, 0.15) is 95.7 Å². The van der Waals surface area contributed by atoms with Crippen LogP contribution in [0.1, 0.15) is 0 Å². The number of aromatic hydroxyl groups is 3. The molecule has 3 saturated heterocycles. The molecule has 3 aliphatic rings. The van der Waals surface area contributed by atoms with Gasteiger partial charge in [0.15, 0.2) is 29.8 Å². The smallest absolute Gasteiger partial charge is 0.239 e. The van der Waals surface area contributed by atoms with Crippen LogP contribution in [-0.2, 0) is 23.7 Å². The van der Waals surface area contributed by atoms with Crippen LogP contribution in [0.3, 0.4) is 0 Å². The zero-order valence-corrected chi connectivity index (χ0v) is 29.2. The first-order valence-corrected chi connectivity index (χ1v) is 17.1. The van der Waals surface area contributed by atoms with Crippen LogP contribution in [0.4, 0.5) is 0 Å². The Morgan fingerprint density at radius 1 is 0.661 bits per heavy atom. The van der Waals surface area contributed by atoms with Crippen molar-refractivity contribution in [3.05, 3.63) is 40.6 Å². The van der Waals surface area contributed by atoms with Crippen molar-refractivity contribution in [2.45, 2.75) is 92.1 Å². The molecule has 15 atom stereocenters. The molecule has 2 aromatic carbocycles. The highest BCUT2D eigenvalue weighted by molar-refractivity contribution is 5.88. The van der Waals surface area contributed by atoms with E-state index >= 15 is 0 Å². The molecule has 4 heterocycles. The van der Waals surface area contributed by atoms with Crippen LogP contribution in [-0.4, -0.2) is 185 Å². The minimum Gasteiger partial charge on any atom is -0.508 e. The minimum absolute atomic E-state index is 0.0429. The molecule has 0 unspecified atom stereocenters. The van der Waals surface area contributed by atoms with Gasteiger partial charge in [-0.25, -0.2) is 0 Å². The molecule has 0 bridgehead atoms. The van der Waals surface area contributed by atoms with Crippen LogP contribution >= 0.6 is 0 Å². The average Bonchev–Trinajstić information content (AvgIpc) is 3.17. The predicted octanol–water partition coefficient (Wildman–Crippen LogP) is -4.59. The third kappa shape index (κ3) is 7.83. The maximum atomic E-state index is 13.9. The van der Waals surface area contributed by atoms with Gasteiger partial charge in [0, 0.05) is 17.7 Å². The first-order valence-electron chi connectivity index (χ1n) is 17.1. The van der Waals surface area contributed by atoms with Gasteiger partial charge in [-0.15, -0.1) is 0 Å². The molecular weight excluding hydrogens is 760 g/mol. The Kier molecular flexibility index (Phi) is 12.6. The van der Waals surface area contributed by atoms with Gasteiger partial charge >= 0.3 is 0 Å². The summed E-state index contributed by atoms with van der Waals surface area (Å²) in [5.74, 6) is -2.66. The van der Waals surface area contributed by atoms with Crippen molar-refractivity contribution in [1.82, 2.24) is 0 Å². The number of ether oxygens (including phenoxy) is 7. The molecule has 0 saturated carbocycles. The molecule has 3 fully saturated rings. The number of phenols is 3. The average molecular weight is 803 g/mol. The van der Waals surface area contributed by atoms with Crippen LogP contribution in [0.5, 0.6) is 28.7 Å².